The Kier molecular flexibility index (Phi) is 6.37. The van der Waals surface area contributed by atoms with Crippen LogP contribution in [-0.2, 0) is 26.3 Å². The summed E-state index contributed by atoms with van der Waals surface area (Å²) in [4.78, 5) is 17.9. The number of nitrogens with zero attached hydrogens (tertiary/aromatic N) is 4. The molecule has 6 heteroatoms. The Morgan fingerprint density at radius 3 is 2.55 bits per heavy atom. The van der Waals surface area contributed by atoms with Gasteiger partial charge >= 0.3 is 0 Å². The van der Waals surface area contributed by atoms with E-state index in [1.165, 1.54) is 55.6 Å². The summed E-state index contributed by atoms with van der Waals surface area (Å²) in [5, 5.41) is 4.71. The van der Waals surface area contributed by atoms with E-state index in [1.54, 1.807) is 0 Å². The first-order valence-corrected chi connectivity index (χ1v) is 13.0. The molecule has 0 unspecified atom stereocenters. The minimum Gasteiger partial charge on any atom is -0.336 e. The van der Waals surface area contributed by atoms with Gasteiger partial charge in [0.2, 0.25) is 0 Å². The number of piperidine rings is 1. The second kappa shape index (κ2) is 9.37. The first-order chi connectivity index (χ1) is 15.2. The van der Waals surface area contributed by atoms with Crippen LogP contribution in [0.5, 0.6) is 0 Å². The van der Waals surface area contributed by atoms with Gasteiger partial charge in [-0.25, -0.2) is 0 Å². The number of rotatable bonds is 4. The zero-order valence-electron chi connectivity index (χ0n) is 18.6. The third-order valence-corrected chi connectivity index (χ3v) is 8.41. The Morgan fingerprint density at radius 1 is 1.06 bits per heavy atom. The number of aryl methyl sites for hydroxylation is 1. The lowest BCUT2D eigenvalue weighted by atomic mass is 9.86. The van der Waals surface area contributed by atoms with Crippen molar-refractivity contribution in [2.24, 2.45) is 13.0 Å². The van der Waals surface area contributed by atoms with E-state index in [2.05, 4.69) is 35.2 Å². The van der Waals surface area contributed by atoms with Gasteiger partial charge in [-0.1, -0.05) is 30.3 Å². The van der Waals surface area contributed by atoms with Gasteiger partial charge in [0.1, 0.15) is 0 Å². The quantitative estimate of drug-likeness (QED) is 0.734. The number of amides is 1. The Hall–Kier alpha value is -1.79. The van der Waals surface area contributed by atoms with E-state index in [9.17, 15) is 4.79 Å². The molecule has 0 radical (unpaired) electrons. The molecule has 0 N–H and O–H groups in total. The number of hydrogen-bond acceptors (Lipinski definition) is 4. The van der Waals surface area contributed by atoms with Crippen LogP contribution in [0.1, 0.15) is 46.6 Å². The molecule has 0 bridgehead atoms. The maximum absolute atomic E-state index is 13.2. The average Bonchev–Trinajstić information content (AvgIpc) is 3.16. The van der Waals surface area contributed by atoms with E-state index in [4.69, 9.17) is 5.10 Å². The number of carbonyl (C=O) groups is 1. The normalized spacial score (nSPS) is 23.0. The van der Waals surface area contributed by atoms with Crippen molar-refractivity contribution in [1.29, 1.82) is 0 Å². The second-order valence-corrected chi connectivity index (χ2v) is 10.6. The molecule has 5 rings (SSSR count). The van der Waals surface area contributed by atoms with Crippen LogP contribution in [0, 0.1) is 5.92 Å². The van der Waals surface area contributed by atoms with Gasteiger partial charge < -0.3 is 9.80 Å². The Morgan fingerprint density at radius 2 is 1.81 bits per heavy atom. The highest BCUT2D eigenvalue weighted by molar-refractivity contribution is 7.99. The molecule has 3 aliphatic rings. The number of fused-ring (bicyclic) bond motifs is 1. The lowest BCUT2D eigenvalue weighted by molar-refractivity contribution is 0.0763. The van der Waals surface area contributed by atoms with E-state index in [-0.39, 0.29) is 5.91 Å². The maximum atomic E-state index is 13.2. The van der Waals surface area contributed by atoms with Crippen LogP contribution in [0.25, 0.3) is 0 Å². The number of hydrogen-bond donors (Lipinski definition) is 0. The van der Waals surface area contributed by atoms with Crippen LogP contribution in [0.4, 0.5) is 0 Å². The van der Waals surface area contributed by atoms with Gasteiger partial charge in [0.25, 0.3) is 5.91 Å². The van der Waals surface area contributed by atoms with Crippen LogP contribution in [0.3, 0.4) is 0 Å². The van der Waals surface area contributed by atoms with Gasteiger partial charge in [0.15, 0.2) is 5.69 Å². The second-order valence-electron chi connectivity index (χ2n) is 9.37. The summed E-state index contributed by atoms with van der Waals surface area (Å²) in [5.74, 6) is 3.03. The third kappa shape index (κ3) is 4.56. The zero-order chi connectivity index (χ0) is 21.2. The lowest BCUT2D eigenvalue weighted by Gasteiger charge is -2.39. The number of aromatic nitrogens is 2. The molecular weight excluding hydrogens is 404 g/mol. The summed E-state index contributed by atoms with van der Waals surface area (Å²) < 4.78 is 1.98. The fourth-order valence-electron chi connectivity index (χ4n) is 5.64. The molecule has 0 spiro atoms. The first-order valence-electron chi connectivity index (χ1n) is 11.9. The molecule has 1 aromatic heterocycles. The fraction of sp³-hybridized carbons (Fsp3) is 0.600. The minimum absolute atomic E-state index is 0.152. The highest BCUT2D eigenvalue weighted by Gasteiger charge is 2.34. The fourth-order valence-corrected chi connectivity index (χ4v) is 6.54. The van der Waals surface area contributed by atoms with E-state index in [0.29, 0.717) is 6.04 Å². The Balaban J connectivity index is 1.23. The van der Waals surface area contributed by atoms with E-state index < -0.39 is 0 Å². The first kappa shape index (κ1) is 21.1. The standard InChI is InChI=1S/C25H34N4OS/c1-27-23-8-7-21(18-22(23)24(26-27)25(30)29-13-15-31-16-14-29)28-11-9-20(10-12-28)17-19-5-3-2-4-6-19/h2-6,20-21H,7-18H2,1H3/t21-/m0/s1. The number of thioether (sulfide) groups is 1. The van der Waals surface area contributed by atoms with Crippen molar-refractivity contribution in [3.63, 3.8) is 0 Å². The summed E-state index contributed by atoms with van der Waals surface area (Å²) in [6, 6.07) is 11.5. The van der Waals surface area contributed by atoms with Crippen LogP contribution in [0.15, 0.2) is 30.3 Å². The molecule has 0 saturated carbocycles. The van der Waals surface area contributed by atoms with Crippen LogP contribution in [-0.4, -0.2) is 69.2 Å². The average molecular weight is 439 g/mol. The van der Waals surface area contributed by atoms with Crippen molar-refractivity contribution in [1.82, 2.24) is 19.6 Å². The van der Waals surface area contributed by atoms with Crippen molar-refractivity contribution in [2.45, 2.75) is 44.6 Å². The number of likely N-dealkylation sites (tertiary alicyclic amines) is 1. The van der Waals surface area contributed by atoms with Gasteiger partial charge in [-0.3, -0.25) is 9.48 Å². The van der Waals surface area contributed by atoms with Gasteiger partial charge in [-0.2, -0.15) is 16.9 Å². The predicted molar refractivity (Wildman–Crippen MR) is 127 cm³/mol. The van der Waals surface area contributed by atoms with Gasteiger partial charge in [0, 0.05) is 48.9 Å². The van der Waals surface area contributed by atoms with Crippen molar-refractivity contribution in [3.05, 3.63) is 52.8 Å². The summed E-state index contributed by atoms with van der Waals surface area (Å²) in [5.41, 5.74) is 4.71. The van der Waals surface area contributed by atoms with Crippen LogP contribution in [0.2, 0.25) is 0 Å². The highest BCUT2D eigenvalue weighted by Crippen LogP contribution is 2.31. The minimum atomic E-state index is 0.152. The SMILES string of the molecule is Cn1nc(C(=O)N2CCSCC2)c2c1CC[C@H](N1CCC(Cc3ccccc3)CC1)C2. The molecule has 3 heterocycles. The monoisotopic (exact) mass is 438 g/mol. The predicted octanol–water partition coefficient (Wildman–Crippen LogP) is 3.42. The van der Waals surface area contributed by atoms with Crippen LogP contribution >= 0.6 is 11.8 Å². The number of carbonyl (C=O) groups excluding carboxylic acids is 1. The molecule has 2 aliphatic heterocycles. The molecule has 5 nitrogen and oxygen atoms in total. The summed E-state index contributed by atoms with van der Waals surface area (Å²) in [6.45, 7) is 4.08. The van der Waals surface area contributed by atoms with Crippen LogP contribution < -0.4 is 0 Å². The molecular formula is C25H34N4OS. The van der Waals surface area contributed by atoms with Crippen molar-refractivity contribution in [3.8, 4) is 0 Å². The molecule has 1 aliphatic carbocycles. The topological polar surface area (TPSA) is 41.4 Å². The largest absolute Gasteiger partial charge is 0.336 e. The molecule has 2 aromatic rings. The maximum Gasteiger partial charge on any atom is 0.274 e. The van der Waals surface area contributed by atoms with E-state index in [0.717, 1.165) is 49.0 Å². The van der Waals surface area contributed by atoms with Crippen molar-refractivity contribution in [2.75, 3.05) is 37.7 Å². The summed E-state index contributed by atoms with van der Waals surface area (Å²) in [6.07, 6.45) is 6.97. The smallest absolute Gasteiger partial charge is 0.274 e. The molecule has 166 valence electrons. The molecule has 2 saturated heterocycles. The highest BCUT2D eigenvalue weighted by atomic mass is 32.2. The van der Waals surface area contributed by atoms with Gasteiger partial charge in [0.05, 0.1) is 0 Å². The van der Waals surface area contributed by atoms with E-state index in [1.807, 2.05) is 28.4 Å². The Bertz CT molecular complexity index is 898. The lowest BCUT2D eigenvalue weighted by Crippen LogP contribution is -2.45. The summed E-state index contributed by atoms with van der Waals surface area (Å²) in [7, 11) is 2.01. The Labute approximate surface area is 190 Å². The van der Waals surface area contributed by atoms with Gasteiger partial charge in [-0.05, 0) is 63.1 Å². The van der Waals surface area contributed by atoms with Gasteiger partial charge in [-0.15, -0.1) is 0 Å². The van der Waals surface area contributed by atoms with E-state index >= 15 is 0 Å². The van der Waals surface area contributed by atoms with Crippen molar-refractivity contribution < 1.29 is 4.79 Å². The third-order valence-electron chi connectivity index (χ3n) is 7.46. The molecule has 1 aromatic carbocycles. The summed E-state index contributed by atoms with van der Waals surface area (Å²) >= 11 is 1.94. The number of benzene rings is 1. The molecule has 31 heavy (non-hydrogen) atoms. The van der Waals surface area contributed by atoms with Crippen molar-refractivity contribution >= 4 is 17.7 Å². The zero-order valence-corrected chi connectivity index (χ0v) is 19.4. The molecule has 2 fully saturated rings. The molecule has 1 amide bonds. The molecule has 1 atom stereocenters.